The molecule has 0 unspecified atom stereocenters. The van der Waals surface area contributed by atoms with Gasteiger partial charge in [0, 0.05) is 13.1 Å². The Labute approximate surface area is 201 Å². The Morgan fingerprint density at radius 2 is 1.41 bits per heavy atom. The predicted octanol–water partition coefficient (Wildman–Crippen LogP) is -1.61. The van der Waals surface area contributed by atoms with Crippen LogP contribution in [0, 0.1) is 5.41 Å². The second-order valence-electron chi connectivity index (χ2n) is 6.93. The minimum Gasteiger partial charge on any atom is -0.382 e. The number of nitrogens with two attached hydrogens (primary N) is 5. The number of anilines is 4. The summed E-state index contributed by atoms with van der Waals surface area (Å²) >= 11 is 11.5. The van der Waals surface area contributed by atoms with E-state index in [0.717, 1.165) is 0 Å². The zero-order chi connectivity index (χ0) is 25.2. The van der Waals surface area contributed by atoms with Crippen LogP contribution in [0.4, 0.5) is 23.3 Å². The summed E-state index contributed by atoms with van der Waals surface area (Å²) in [4.78, 5) is 45.5. The summed E-state index contributed by atoms with van der Waals surface area (Å²) < 4.78 is 0. The van der Waals surface area contributed by atoms with E-state index in [4.69, 9.17) is 57.3 Å². The number of halogens is 2. The van der Waals surface area contributed by atoms with E-state index in [1.165, 1.54) is 4.90 Å². The SMILES string of the molecule is N=C(NC(=O)c1nc(Cl)c(N)nc1N)N1CC[C@@H](N=C(N)NC(=O)c2nc(Cl)c(N)nc2N)C1. The Hall–Kier alpha value is -4.18. The molecule has 1 atom stereocenters. The first kappa shape index (κ1) is 24.5. The molecule has 2 aromatic rings. The zero-order valence-corrected chi connectivity index (χ0v) is 18.9. The molecule has 1 fully saturated rings. The van der Waals surface area contributed by atoms with Crippen molar-refractivity contribution in [1.29, 1.82) is 5.41 Å². The number of amides is 2. The van der Waals surface area contributed by atoms with Crippen LogP contribution in [0.15, 0.2) is 4.99 Å². The van der Waals surface area contributed by atoms with Crippen LogP contribution in [0.3, 0.4) is 0 Å². The first-order valence-electron chi connectivity index (χ1n) is 9.42. The molecule has 13 N–H and O–H groups in total. The molecule has 0 aromatic carbocycles. The molecule has 16 nitrogen and oxygen atoms in total. The van der Waals surface area contributed by atoms with Crippen LogP contribution in [-0.4, -0.2) is 67.7 Å². The lowest BCUT2D eigenvalue weighted by molar-refractivity contribution is 0.0961. The van der Waals surface area contributed by atoms with Gasteiger partial charge in [-0.25, -0.2) is 24.9 Å². The number of aromatic nitrogens is 4. The summed E-state index contributed by atoms with van der Waals surface area (Å²) in [5.41, 5.74) is 27.5. The summed E-state index contributed by atoms with van der Waals surface area (Å²) in [6.07, 6.45) is 0.486. The van der Waals surface area contributed by atoms with Crippen molar-refractivity contribution in [2.75, 3.05) is 36.0 Å². The number of nitrogen functional groups attached to an aromatic ring is 4. The topological polar surface area (TPSA) is 279 Å². The average Bonchev–Trinajstić information content (AvgIpc) is 3.21. The molecular formula is C16H20Cl2N14O2. The van der Waals surface area contributed by atoms with Gasteiger partial charge in [-0.15, -0.1) is 0 Å². The molecule has 180 valence electrons. The third-order valence-electron chi connectivity index (χ3n) is 4.51. The van der Waals surface area contributed by atoms with E-state index in [9.17, 15) is 9.59 Å². The van der Waals surface area contributed by atoms with Gasteiger partial charge in [0.1, 0.15) is 0 Å². The fraction of sp³-hybridized carbons (Fsp3) is 0.250. The fourth-order valence-electron chi connectivity index (χ4n) is 2.92. The molecule has 0 saturated carbocycles. The molecule has 0 spiro atoms. The molecule has 2 aromatic heterocycles. The van der Waals surface area contributed by atoms with Crippen LogP contribution in [0.2, 0.25) is 10.3 Å². The number of carbonyl (C=O) groups is 2. The van der Waals surface area contributed by atoms with Crippen molar-refractivity contribution in [3.63, 3.8) is 0 Å². The predicted molar refractivity (Wildman–Crippen MR) is 126 cm³/mol. The van der Waals surface area contributed by atoms with Gasteiger partial charge in [-0.05, 0) is 6.42 Å². The summed E-state index contributed by atoms with van der Waals surface area (Å²) in [6.45, 7) is 0.610. The third-order valence-corrected chi connectivity index (χ3v) is 5.07. The lowest BCUT2D eigenvalue weighted by Crippen LogP contribution is -2.43. The largest absolute Gasteiger partial charge is 0.382 e. The van der Waals surface area contributed by atoms with Crippen LogP contribution in [-0.2, 0) is 0 Å². The van der Waals surface area contributed by atoms with Gasteiger partial charge in [-0.1, -0.05) is 23.2 Å². The first-order chi connectivity index (χ1) is 16.0. The van der Waals surface area contributed by atoms with Crippen LogP contribution in [0.1, 0.15) is 27.4 Å². The third kappa shape index (κ3) is 5.41. The molecule has 0 radical (unpaired) electrons. The van der Waals surface area contributed by atoms with Gasteiger partial charge >= 0.3 is 0 Å². The van der Waals surface area contributed by atoms with Crippen molar-refractivity contribution < 1.29 is 9.59 Å². The standard InChI is InChI=1S/C16H20Cl2N14O2/c17-7-11(21)28-9(19)5(26-7)13(33)30-15(23)25-4-1-2-32(3-4)16(24)31-14(34)6-10(20)29-12(22)8(18)27-6/h4H,1-3H2,(H4,19,21,28)(H4,20,22,29)(H2,24,31,34)(H3,23,25,30,33)/t4-/m1/s1. The lowest BCUT2D eigenvalue weighted by Gasteiger charge is -2.19. The van der Waals surface area contributed by atoms with Crippen molar-refractivity contribution >= 4 is 70.2 Å². The smallest absolute Gasteiger partial charge is 0.280 e. The molecule has 1 aliphatic rings. The van der Waals surface area contributed by atoms with Crippen molar-refractivity contribution in [3.8, 4) is 0 Å². The van der Waals surface area contributed by atoms with E-state index in [0.29, 0.717) is 13.0 Å². The summed E-state index contributed by atoms with van der Waals surface area (Å²) in [5.74, 6) is -2.68. The number of hydrogen-bond acceptors (Lipinski definition) is 12. The second-order valence-corrected chi connectivity index (χ2v) is 7.64. The zero-order valence-electron chi connectivity index (χ0n) is 17.3. The number of nitrogens with one attached hydrogen (secondary N) is 3. The van der Waals surface area contributed by atoms with Crippen molar-refractivity contribution in [3.05, 3.63) is 21.7 Å². The molecule has 18 heteroatoms. The molecular weight excluding hydrogens is 491 g/mol. The average molecular weight is 511 g/mol. The molecule has 3 heterocycles. The van der Waals surface area contributed by atoms with E-state index in [1.807, 2.05) is 0 Å². The molecule has 0 bridgehead atoms. The lowest BCUT2D eigenvalue weighted by atomic mass is 10.3. The minimum absolute atomic E-state index is 0.118. The van der Waals surface area contributed by atoms with Gasteiger partial charge in [0.05, 0.1) is 6.04 Å². The van der Waals surface area contributed by atoms with E-state index >= 15 is 0 Å². The Bertz CT molecular complexity index is 1200. The number of hydrogen-bond donors (Lipinski definition) is 8. The summed E-state index contributed by atoms with van der Waals surface area (Å²) in [7, 11) is 0. The molecule has 1 aliphatic heterocycles. The molecule has 3 rings (SSSR count). The Morgan fingerprint density at radius 1 is 0.912 bits per heavy atom. The summed E-state index contributed by atoms with van der Waals surface area (Å²) in [6, 6.07) is -0.383. The number of guanidine groups is 2. The molecule has 34 heavy (non-hydrogen) atoms. The van der Waals surface area contributed by atoms with Crippen LogP contribution < -0.4 is 39.3 Å². The van der Waals surface area contributed by atoms with E-state index in [-0.39, 0.29) is 69.5 Å². The maximum atomic E-state index is 12.4. The van der Waals surface area contributed by atoms with Crippen LogP contribution >= 0.6 is 23.2 Å². The highest BCUT2D eigenvalue weighted by Gasteiger charge is 2.27. The minimum atomic E-state index is -0.781. The van der Waals surface area contributed by atoms with E-state index in [2.05, 4.69) is 35.6 Å². The van der Waals surface area contributed by atoms with Crippen LogP contribution in [0.5, 0.6) is 0 Å². The molecule has 0 aliphatic carbocycles. The first-order valence-corrected chi connectivity index (χ1v) is 10.2. The van der Waals surface area contributed by atoms with Gasteiger partial charge in [-0.2, -0.15) is 0 Å². The second kappa shape index (κ2) is 9.75. The Morgan fingerprint density at radius 3 is 1.94 bits per heavy atom. The van der Waals surface area contributed by atoms with Crippen molar-refractivity contribution in [1.82, 2.24) is 35.5 Å². The quantitative estimate of drug-likeness (QED) is 0.171. The highest BCUT2D eigenvalue weighted by molar-refractivity contribution is 6.32. The van der Waals surface area contributed by atoms with Gasteiger partial charge in [0.15, 0.2) is 56.9 Å². The van der Waals surface area contributed by atoms with Gasteiger partial charge in [0.25, 0.3) is 11.8 Å². The Kier molecular flexibility index (Phi) is 7.02. The highest BCUT2D eigenvalue weighted by atomic mass is 35.5. The van der Waals surface area contributed by atoms with Gasteiger partial charge in [-0.3, -0.25) is 25.6 Å². The molecule has 2 amide bonds. The Balaban J connectivity index is 1.59. The highest BCUT2D eigenvalue weighted by Crippen LogP contribution is 2.19. The maximum absolute atomic E-state index is 12.4. The number of nitrogens with zero attached hydrogens (tertiary/aromatic N) is 6. The van der Waals surface area contributed by atoms with Crippen LogP contribution in [0.25, 0.3) is 0 Å². The molecule has 1 saturated heterocycles. The number of carbonyl (C=O) groups excluding carboxylic acids is 2. The number of rotatable bonds is 3. The van der Waals surface area contributed by atoms with Gasteiger partial charge < -0.3 is 33.6 Å². The van der Waals surface area contributed by atoms with Crippen molar-refractivity contribution in [2.24, 2.45) is 10.7 Å². The van der Waals surface area contributed by atoms with Gasteiger partial charge in [0.2, 0.25) is 0 Å². The fourth-order valence-corrected chi connectivity index (χ4v) is 3.17. The van der Waals surface area contributed by atoms with E-state index in [1.54, 1.807) is 0 Å². The summed E-state index contributed by atoms with van der Waals surface area (Å²) in [5, 5.41) is 12.5. The van der Waals surface area contributed by atoms with E-state index < -0.39 is 11.8 Å². The monoisotopic (exact) mass is 510 g/mol. The maximum Gasteiger partial charge on any atom is 0.280 e. The van der Waals surface area contributed by atoms with Crippen molar-refractivity contribution in [2.45, 2.75) is 12.5 Å². The normalized spacial score (nSPS) is 15.8. The number of likely N-dealkylation sites (tertiary alicyclic amines) is 1. The number of aliphatic imine (C=N–C) groups is 1.